The maximum atomic E-state index is 13.1. The van der Waals surface area contributed by atoms with Gasteiger partial charge in [-0.2, -0.15) is 0 Å². The zero-order valence-corrected chi connectivity index (χ0v) is 15.1. The van der Waals surface area contributed by atoms with Crippen LogP contribution in [-0.2, 0) is 11.3 Å². The van der Waals surface area contributed by atoms with Gasteiger partial charge in [0.15, 0.2) is 0 Å². The topological polar surface area (TPSA) is 56.1 Å². The van der Waals surface area contributed by atoms with Gasteiger partial charge in [0.1, 0.15) is 18.2 Å². The number of hydrogen-bond donors (Lipinski definition) is 1. The van der Waals surface area contributed by atoms with Gasteiger partial charge in [-0.15, -0.1) is 0 Å². The summed E-state index contributed by atoms with van der Waals surface area (Å²) >= 11 is 5.72. The van der Waals surface area contributed by atoms with Crippen LogP contribution in [0.4, 0.5) is 10.1 Å². The molecule has 7 heteroatoms. The van der Waals surface area contributed by atoms with Gasteiger partial charge in [-0.25, -0.2) is 9.37 Å². The maximum absolute atomic E-state index is 13.1. The Morgan fingerprint density at radius 1 is 1.30 bits per heavy atom. The van der Waals surface area contributed by atoms with Gasteiger partial charge in [0.2, 0.25) is 5.91 Å². The molecule has 0 radical (unpaired) electrons. The van der Waals surface area contributed by atoms with Crippen LogP contribution in [0, 0.1) is 5.82 Å². The quantitative estimate of drug-likeness (QED) is 0.613. The van der Waals surface area contributed by atoms with E-state index in [-0.39, 0.29) is 10.9 Å². The monoisotopic (exact) mass is 385 g/mol. The molecule has 0 aliphatic heterocycles. The highest BCUT2D eigenvalue weighted by Crippen LogP contribution is 2.19. The van der Waals surface area contributed by atoms with Crippen LogP contribution in [0.5, 0.6) is 5.75 Å². The lowest BCUT2D eigenvalue weighted by atomic mass is 10.2. The number of amides is 1. The molecule has 0 bridgehead atoms. The number of halogens is 2. The minimum Gasteiger partial charge on any atom is -0.492 e. The Balaban J connectivity index is 1.54. The average molecular weight is 386 g/mol. The molecule has 0 aliphatic carbocycles. The summed E-state index contributed by atoms with van der Waals surface area (Å²) in [5, 5.41) is 2.77. The van der Waals surface area contributed by atoms with Crippen LogP contribution in [0.25, 0.3) is 6.08 Å². The van der Waals surface area contributed by atoms with Crippen molar-refractivity contribution in [2.24, 2.45) is 0 Å². The summed E-state index contributed by atoms with van der Waals surface area (Å²) in [6, 6.07) is 11.4. The average Bonchev–Trinajstić information content (AvgIpc) is 3.16. The molecule has 138 valence electrons. The molecule has 2 aromatic carbocycles. The van der Waals surface area contributed by atoms with Crippen LogP contribution in [0.1, 0.15) is 5.56 Å². The third-order valence-corrected chi connectivity index (χ3v) is 3.94. The molecule has 1 heterocycles. The summed E-state index contributed by atoms with van der Waals surface area (Å²) in [5.41, 5.74) is 1.25. The maximum Gasteiger partial charge on any atom is 0.248 e. The first-order valence-electron chi connectivity index (χ1n) is 8.23. The largest absolute Gasteiger partial charge is 0.492 e. The van der Waals surface area contributed by atoms with E-state index in [1.165, 1.54) is 18.2 Å². The second kappa shape index (κ2) is 9.00. The highest BCUT2D eigenvalue weighted by molar-refractivity contribution is 6.30. The van der Waals surface area contributed by atoms with E-state index in [9.17, 15) is 9.18 Å². The minimum absolute atomic E-state index is 0.0121. The molecule has 1 aromatic heterocycles. The molecule has 0 fully saturated rings. The number of aromatic nitrogens is 2. The predicted molar refractivity (Wildman–Crippen MR) is 103 cm³/mol. The Bertz CT molecular complexity index is 942. The van der Waals surface area contributed by atoms with E-state index in [0.29, 0.717) is 30.2 Å². The summed E-state index contributed by atoms with van der Waals surface area (Å²) in [5.74, 6) is -0.156. The SMILES string of the molecule is O=C(/C=C/c1ccc(F)c(Cl)c1)Nc1cccc(OCCn2ccnc2)c1. The van der Waals surface area contributed by atoms with E-state index in [1.54, 1.807) is 42.9 Å². The first-order chi connectivity index (χ1) is 13.1. The predicted octanol–water partition coefficient (Wildman–Crippen LogP) is 4.41. The molecule has 27 heavy (non-hydrogen) atoms. The van der Waals surface area contributed by atoms with Crippen molar-refractivity contribution in [3.8, 4) is 5.75 Å². The third kappa shape index (κ3) is 5.69. The molecule has 0 unspecified atom stereocenters. The number of nitrogens with one attached hydrogen (secondary N) is 1. The van der Waals surface area contributed by atoms with Crippen LogP contribution < -0.4 is 10.1 Å². The molecular formula is C20H17ClFN3O2. The molecule has 3 aromatic rings. The molecule has 0 saturated carbocycles. The number of rotatable bonds is 7. The number of carbonyl (C=O) groups excluding carboxylic acids is 1. The second-order valence-corrected chi connectivity index (χ2v) is 6.08. The van der Waals surface area contributed by atoms with E-state index in [1.807, 2.05) is 16.8 Å². The molecule has 0 atom stereocenters. The van der Waals surface area contributed by atoms with Crippen LogP contribution in [0.15, 0.2) is 67.3 Å². The standard InChI is InChI=1S/C20H17ClFN3O2/c21-18-12-15(4-6-19(18)22)5-7-20(26)24-16-2-1-3-17(13-16)27-11-10-25-9-8-23-14-25/h1-9,12-14H,10-11H2,(H,24,26)/b7-5+. The van der Waals surface area contributed by atoms with E-state index >= 15 is 0 Å². The highest BCUT2D eigenvalue weighted by Gasteiger charge is 2.02. The van der Waals surface area contributed by atoms with Crippen molar-refractivity contribution in [3.05, 3.63) is 83.7 Å². The molecular weight excluding hydrogens is 369 g/mol. The number of ether oxygens (including phenoxy) is 1. The number of benzene rings is 2. The second-order valence-electron chi connectivity index (χ2n) is 5.67. The fraction of sp³-hybridized carbons (Fsp3) is 0.100. The molecule has 3 rings (SSSR count). The van der Waals surface area contributed by atoms with E-state index in [0.717, 1.165) is 0 Å². The molecule has 1 amide bonds. The molecule has 5 nitrogen and oxygen atoms in total. The number of carbonyl (C=O) groups is 1. The summed E-state index contributed by atoms with van der Waals surface area (Å²) in [6.45, 7) is 1.17. The zero-order chi connectivity index (χ0) is 19.1. The fourth-order valence-electron chi connectivity index (χ4n) is 2.32. The number of imidazole rings is 1. The van der Waals surface area contributed by atoms with Crippen molar-refractivity contribution >= 4 is 29.3 Å². The van der Waals surface area contributed by atoms with Gasteiger partial charge >= 0.3 is 0 Å². The summed E-state index contributed by atoms with van der Waals surface area (Å²) in [7, 11) is 0. The Kier molecular flexibility index (Phi) is 6.22. The van der Waals surface area contributed by atoms with Crippen LogP contribution in [-0.4, -0.2) is 22.1 Å². The van der Waals surface area contributed by atoms with Crippen molar-refractivity contribution in [2.75, 3.05) is 11.9 Å². The Morgan fingerprint density at radius 3 is 2.96 bits per heavy atom. The molecule has 1 N–H and O–H groups in total. The molecule has 0 spiro atoms. The van der Waals surface area contributed by atoms with E-state index in [4.69, 9.17) is 16.3 Å². The number of nitrogens with zero attached hydrogens (tertiary/aromatic N) is 2. The van der Waals surface area contributed by atoms with Gasteiger partial charge in [-0.05, 0) is 35.9 Å². The summed E-state index contributed by atoms with van der Waals surface area (Å²) < 4.78 is 20.7. The van der Waals surface area contributed by atoms with Gasteiger partial charge in [-0.1, -0.05) is 23.7 Å². The molecule has 0 aliphatic rings. The minimum atomic E-state index is -0.497. The van der Waals surface area contributed by atoms with Crippen LogP contribution in [0.2, 0.25) is 5.02 Å². The fourth-order valence-corrected chi connectivity index (χ4v) is 2.51. The summed E-state index contributed by atoms with van der Waals surface area (Å²) in [6.07, 6.45) is 8.22. The Morgan fingerprint density at radius 2 is 2.19 bits per heavy atom. The van der Waals surface area contributed by atoms with Crippen molar-refractivity contribution in [1.29, 1.82) is 0 Å². The zero-order valence-electron chi connectivity index (χ0n) is 14.3. The lowest BCUT2D eigenvalue weighted by molar-refractivity contribution is -0.111. The Labute approximate surface area is 161 Å². The summed E-state index contributed by atoms with van der Waals surface area (Å²) in [4.78, 5) is 16.0. The first kappa shape index (κ1) is 18.7. The van der Waals surface area contributed by atoms with Gasteiger partial charge in [0.05, 0.1) is 17.9 Å². The van der Waals surface area contributed by atoms with Crippen LogP contribution >= 0.6 is 11.6 Å². The van der Waals surface area contributed by atoms with Crippen molar-refractivity contribution in [1.82, 2.24) is 9.55 Å². The van der Waals surface area contributed by atoms with Gasteiger partial charge in [-0.3, -0.25) is 4.79 Å². The van der Waals surface area contributed by atoms with E-state index < -0.39 is 5.82 Å². The number of anilines is 1. The van der Waals surface area contributed by atoms with Crippen molar-refractivity contribution in [2.45, 2.75) is 6.54 Å². The molecule has 0 saturated heterocycles. The normalized spacial score (nSPS) is 10.9. The van der Waals surface area contributed by atoms with Crippen molar-refractivity contribution in [3.63, 3.8) is 0 Å². The van der Waals surface area contributed by atoms with E-state index in [2.05, 4.69) is 10.3 Å². The Hall–Kier alpha value is -3.12. The highest BCUT2D eigenvalue weighted by atomic mass is 35.5. The third-order valence-electron chi connectivity index (χ3n) is 3.65. The van der Waals surface area contributed by atoms with Crippen molar-refractivity contribution < 1.29 is 13.9 Å². The van der Waals surface area contributed by atoms with Gasteiger partial charge < -0.3 is 14.6 Å². The first-order valence-corrected chi connectivity index (χ1v) is 8.61. The number of hydrogen-bond acceptors (Lipinski definition) is 3. The van der Waals surface area contributed by atoms with Gasteiger partial charge in [0, 0.05) is 30.2 Å². The lowest BCUT2D eigenvalue weighted by Crippen LogP contribution is -2.09. The van der Waals surface area contributed by atoms with Crippen LogP contribution in [0.3, 0.4) is 0 Å². The lowest BCUT2D eigenvalue weighted by Gasteiger charge is -2.09. The smallest absolute Gasteiger partial charge is 0.248 e. The van der Waals surface area contributed by atoms with Gasteiger partial charge in [0.25, 0.3) is 0 Å².